The summed E-state index contributed by atoms with van der Waals surface area (Å²) in [6.07, 6.45) is 3.91. The third kappa shape index (κ3) is 3.94. The van der Waals surface area contributed by atoms with Crippen molar-refractivity contribution in [3.8, 4) is 5.75 Å². The molecule has 1 unspecified atom stereocenters. The van der Waals surface area contributed by atoms with Crippen molar-refractivity contribution in [3.63, 3.8) is 0 Å². The van der Waals surface area contributed by atoms with Crippen molar-refractivity contribution >= 4 is 11.9 Å². The lowest BCUT2D eigenvalue weighted by Gasteiger charge is -2.28. The molecule has 1 fully saturated rings. The number of ether oxygens (including phenoxy) is 1. The topological polar surface area (TPSA) is 79.7 Å². The van der Waals surface area contributed by atoms with Crippen molar-refractivity contribution in [1.29, 1.82) is 0 Å². The van der Waals surface area contributed by atoms with E-state index in [4.69, 9.17) is 4.74 Å². The smallest absolute Gasteiger partial charge is 0.311 e. The Morgan fingerprint density at radius 1 is 1.19 bits per heavy atom. The van der Waals surface area contributed by atoms with Gasteiger partial charge in [-0.3, -0.25) is 14.6 Å². The van der Waals surface area contributed by atoms with E-state index in [1.807, 2.05) is 26.0 Å². The molecule has 0 radical (unpaired) electrons. The van der Waals surface area contributed by atoms with Crippen LogP contribution in [0.5, 0.6) is 5.75 Å². The van der Waals surface area contributed by atoms with Crippen LogP contribution in [0, 0.1) is 11.3 Å². The van der Waals surface area contributed by atoms with E-state index in [9.17, 15) is 14.7 Å². The maximum atomic E-state index is 12.8. The Hall–Kier alpha value is -2.89. The molecule has 1 aromatic carbocycles. The number of carbonyl (C=O) groups is 2. The van der Waals surface area contributed by atoms with Gasteiger partial charge in [0.2, 0.25) is 0 Å². The maximum absolute atomic E-state index is 12.8. The fourth-order valence-electron chi connectivity index (χ4n) is 3.42. The van der Waals surface area contributed by atoms with Gasteiger partial charge in [-0.25, -0.2) is 0 Å². The van der Waals surface area contributed by atoms with E-state index < -0.39 is 11.4 Å². The number of pyridine rings is 1. The molecule has 1 amide bonds. The van der Waals surface area contributed by atoms with Gasteiger partial charge in [0.25, 0.3) is 5.91 Å². The van der Waals surface area contributed by atoms with Crippen LogP contribution < -0.4 is 4.74 Å². The molecule has 142 valence electrons. The monoisotopic (exact) mass is 368 g/mol. The number of amides is 1. The zero-order valence-electron chi connectivity index (χ0n) is 15.6. The molecule has 0 aliphatic carbocycles. The lowest BCUT2D eigenvalue weighted by atomic mass is 9.76. The molecular formula is C21H24N2O4. The highest BCUT2D eigenvalue weighted by atomic mass is 16.5. The second-order valence-corrected chi connectivity index (χ2v) is 7.26. The van der Waals surface area contributed by atoms with Gasteiger partial charge in [0.05, 0.1) is 5.41 Å². The molecule has 27 heavy (non-hydrogen) atoms. The Morgan fingerprint density at radius 2 is 1.85 bits per heavy atom. The Kier molecular flexibility index (Phi) is 5.44. The summed E-state index contributed by atoms with van der Waals surface area (Å²) in [5, 5.41) is 9.64. The van der Waals surface area contributed by atoms with Gasteiger partial charge in [-0.1, -0.05) is 13.8 Å². The molecule has 0 bridgehead atoms. The molecule has 3 rings (SSSR count). The minimum atomic E-state index is -0.858. The standard InChI is InChI=1S/C21H24N2O4/c1-15(2)21(20(25)26)9-12-23(14-21)19(24)17-3-5-18(6-4-17)27-13-16-7-10-22-11-8-16/h3-8,10-11,15H,9,12-14H2,1-2H3,(H,25,26). The lowest BCUT2D eigenvalue weighted by Crippen LogP contribution is -2.40. The van der Waals surface area contributed by atoms with Gasteiger partial charge in [0.15, 0.2) is 0 Å². The van der Waals surface area contributed by atoms with Crippen molar-refractivity contribution in [2.24, 2.45) is 11.3 Å². The number of benzene rings is 1. The zero-order chi connectivity index (χ0) is 19.4. The van der Waals surface area contributed by atoms with Gasteiger partial charge >= 0.3 is 5.97 Å². The molecular weight excluding hydrogens is 344 g/mol. The van der Waals surface area contributed by atoms with Crippen molar-refractivity contribution in [3.05, 3.63) is 59.9 Å². The van der Waals surface area contributed by atoms with Crippen molar-refractivity contribution < 1.29 is 19.4 Å². The largest absolute Gasteiger partial charge is 0.489 e. The van der Waals surface area contributed by atoms with Crippen molar-refractivity contribution in [2.75, 3.05) is 13.1 Å². The number of hydrogen-bond acceptors (Lipinski definition) is 4. The second-order valence-electron chi connectivity index (χ2n) is 7.26. The summed E-state index contributed by atoms with van der Waals surface area (Å²) >= 11 is 0. The second kappa shape index (κ2) is 7.78. The summed E-state index contributed by atoms with van der Waals surface area (Å²) in [4.78, 5) is 30.1. The molecule has 1 aliphatic heterocycles. The summed E-state index contributed by atoms with van der Waals surface area (Å²) in [6.45, 7) is 4.94. The van der Waals surface area contributed by atoms with Crippen LogP contribution in [0.4, 0.5) is 0 Å². The molecule has 2 aromatic rings. The van der Waals surface area contributed by atoms with Crippen LogP contribution in [0.2, 0.25) is 0 Å². The number of aliphatic carboxylic acids is 1. The number of carbonyl (C=O) groups excluding carboxylic acids is 1. The van der Waals surface area contributed by atoms with E-state index >= 15 is 0 Å². The molecule has 0 spiro atoms. The first-order valence-electron chi connectivity index (χ1n) is 9.07. The first-order chi connectivity index (χ1) is 12.9. The molecule has 2 heterocycles. The number of carboxylic acid groups (broad SMARTS) is 1. The van der Waals surface area contributed by atoms with Crippen molar-refractivity contribution in [2.45, 2.75) is 26.9 Å². The number of hydrogen-bond donors (Lipinski definition) is 1. The highest BCUT2D eigenvalue weighted by Gasteiger charge is 2.48. The normalized spacial score (nSPS) is 19.3. The SMILES string of the molecule is CC(C)C1(C(=O)O)CCN(C(=O)c2ccc(OCc3ccncc3)cc2)C1. The Labute approximate surface area is 158 Å². The molecule has 6 nitrogen and oxygen atoms in total. The summed E-state index contributed by atoms with van der Waals surface area (Å²) in [7, 11) is 0. The van der Waals surface area contributed by atoms with E-state index in [0.717, 1.165) is 5.56 Å². The first kappa shape index (κ1) is 18.9. The van der Waals surface area contributed by atoms with Crippen LogP contribution in [0.15, 0.2) is 48.8 Å². The van der Waals surface area contributed by atoms with Crippen LogP contribution >= 0.6 is 0 Å². The quantitative estimate of drug-likeness (QED) is 0.847. The molecule has 1 atom stereocenters. The Bertz CT molecular complexity index is 805. The summed E-state index contributed by atoms with van der Waals surface area (Å²) in [5.41, 5.74) is 0.695. The van der Waals surface area contributed by atoms with E-state index in [1.165, 1.54) is 0 Å². The lowest BCUT2D eigenvalue weighted by molar-refractivity contribution is -0.150. The molecule has 0 saturated carbocycles. The number of rotatable bonds is 6. The van der Waals surface area contributed by atoms with E-state index in [-0.39, 0.29) is 18.4 Å². The maximum Gasteiger partial charge on any atom is 0.311 e. The molecule has 1 N–H and O–H groups in total. The molecule has 1 aliphatic rings. The summed E-state index contributed by atoms with van der Waals surface area (Å²) in [6, 6.07) is 10.7. The van der Waals surface area contributed by atoms with Crippen LogP contribution in [-0.2, 0) is 11.4 Å². The van der Waals surface area contributed by atoms with Gasteiger partial charge in [-0.05, 0) is 54.3 Å². The van der Waals surface area contributed by atoms with Crippen molar-refractivity contribution in [1.82, 2.24) is 9.88 Å². The van der Waals surface area contributed by atoms with Gasteiger partial charge in [-0.15, -0.1) is 0 Å². The Balaban J connectivity index is 1.63. The van der Waals surface area contributed by atoms with Crippen LogP contribution in [-0.4, -0.2) is 40.0 Å². The van der Waals surface area contributed by atoms with E-state index in [0.29, 0.717) is 30.9 Å². The predicted octanol–water partition coefficient (Wildman–Crippen LogP) is 3.23. The minimum absolute atomic E-state index is 0.0308. The summed E-state index contributed by atoms with van der Waals surface area (Å²) in [5.74, 6) is -0.323. The first-order valence-corrected chi connectivity index (χ1v) is 9.07. The molecule has 6 heteroatoms. The number of carboxylic acids is 1. The van der Waals surface area contributed by atoms with Gasteiger partial charge in [-0.2, -0.15) is 0 Å². The van der Waals surface area contributed by atoms with Gasteiger partial charge < -0.3 is 14.7 Å². The minimum Gasteiger partial charge on any atom is -0.489 e. The van der Waals surface area contributed by atoms with Crippen LogP contribution in [0.1, 0.15) is 36.2 Å². The summed E-state index contributed by atoms with van der Waals surface area (Å²) < 4.78 is 5.72. The van der Waals surface area contributed by atoms with Crippen LogP contribution in [0.3, 0.4) is 0 Å². The number of aromatic nitrogens is 1. The highest BCUT2D eigenvalue weighted by Crippen LogP contribution is 2.38. The molecule has 1 aromatic heterocycles. The third-order valence-corrected chi connectivity index (χ3v) is 5.38. The van der Waals surface area contributed by atoms with Gasteiger partial charge in [0, 0.05) is 31.0 Å². The number of nitrogens with zero attached hydrogens (tertiary/aromatic N) is 2. The average Bonchev–Trinajstić information content (AvgIpc) is 3.14. The van der Waals surface area contributed by atoms with Gasteiger partial charge in [0.1, 0.15) is 12.4 Å². The zero-order valence-corrected chi connectivity index (χ0v) is 15.6. The van der Waals surface area contributed by atoms with E-state index in [2.05, 4.69) is 4.98 Å². The van der Waals surface area contributed by atoms with E-state index in [1.54, 1.807) is 41.6 Å². The fraction of sp³-hybridized carbons (Fsp3) is 0.381. The van der Waals surface area contributed by atoms with Crippen LogP contribution in [0.25, 0.3) is 0 Å². The fourth-order valence-corrected chi connectivity index (χ4v) is 3.42. The highest BCUT2D eigenvalue weighted by molar-refractivity contribution is 5.95. The average molecular weight is 368 g/mol. The number of likely N-dealkylation sites (tertiary alicyclic amines) is 1. The molecule has 1 saturated heterocycles. The Morgan fingerprint density at radius 3 is 2.41 bits per heavy atom. The third-order valence-electron chi connectivity index (χ3n) is 5.38. The predicted molar refractivity (Wildman–Crippen MR) is 100 cm³/mol.